The molecule has 0 atom stereocenters. The van der Waals surface area contributed by atoms with E-state index >= 15 is 0 Å². The van der Waals surface area contributed by atoms with E-state index < -0.39 is 0 Å². The molecule has 6 nitrogen and oxygen atoms in total. The molecule has 0 bridgehead atoms. The Morgan fingerprint density at radius 3 is 2.83 bits per heavy atom. The quantitative estimate of drug-likeness (QED) is 0.915. The van der Waals surface area contributed by atoms with Gasteiger partial charge in [0.1, 0.15) is 5.82 Å². The molecule has 2 aromatic rings. The molecule has 0 aromatic carbocycles. The molecular formula is C18H25N5O. The molecule has 1 fully saturated rings. The van der Waals surface area contributed by atoms with Crippen molar-refractivity contribution < 1.29 is 4.79 Å². The highest BCUT2D eigenvalue weighted by molar-refractivity contribution is 5.95. The second kappa shape index (κ2) is 7.47. The molecule has 1 N–H and O–H groups in total. The van der Waals surface area contributed by atoms with E-state index in [0.717, 1.165) is 36.6 Å². The molecule has 0 unspecified atom stereocenters. The third-order valence-electron chi connectivity index (χ3n) is 4.60. The van der Waals surface area contributed by atoms with E-state index in [1.165, 1.54) is 19.3 Å². The Balaban J connectivity index is 1.71. The number of pyridine rings is 1. The lowest BCUT2D eigenvalue weighted by Crippen LogP contribution is -2.32. The highest BCUT2D eigenvalue weighted by Gasteiger charge is 2.18. The van der Waals surface area contributed by atoms with Crippen molar-refractivity contribution in [1.29, 1.82) is 0 Å². The van der Waals surface area contributed by atoms with Crippen LogP contribution in [-0.4, -0.2) is 33.8 Å². The second-order valence-electron chi connectivity index (χ2n) is 6.20. The zero-order valence-corrected chi connectivity index (χ0v) is 14.5. The number of nitrogens with zero attached hydrogens (tertiary/aromatic N) is 4. The largest absolute Gasteiger partial charge is 0.356 e. The van der Waals surface area contributed by atoms with Crippen LogP contribution in [0.5, 0.6) is 0 Å². The fraction of sp³-hybridized carbons (Fsp3) is 0.500. The van der Waals surface area contributed by atoms with Crippen molar-refractivity contribution >= 4 is 11.7 Å². The van der Waals surface area contributed by atoms with Crippen LogP contribution in [0.15, 0.2) is 24.5 Å². The fourth-order valence-corrected chi connectivity index (χ4v) is 3.30. The lowest BCUT2D eigenvalue weighted by atomic mass is 10.1. The highest BCUT2D eigenvalue weighted by atomic mass is 16.1. The first-order chi connectivity index (χ1) is 11.7. The maximum Gasteiger partial charge on any atom is 0.255 e. The van der Waals surface area contributed by atoms with Gasteiger partial charge < -0.3 is 10.2 Å². The molecule has 1 amide bonds. The van der Waals surface area contributed by atoms with Gasteiger partial charge in [0.25, 0.3) is 5.91 Å². The Bertz CT molecular complexity index is 703. The maximum atomic E-state index is 12.5. The molecule has 1 aliphatic rings. The number of hydrogen-bond acceptors (Lipinski definition) is 4. The number of carbonyl (C=O) groups is 1. The van der Waals surface area contributed by atoms with E-state index in [1.807, 2.05) is 32.3 Å². The number of aromatic nitrogens is 3. The van der Waals surface area contributed by atoms with Crippen LogP contribution in [0.25, 0.3) is 0 Å². The van der Waals surface area contributed by atoms with E-state index in [1.54, 1.807) is 10.9 Å². The van der Waals surface area contributed by atoms with Gasteiger partial charge in [0.05, 0.1) is 17.5 Å². The molecule has 24 heavy (non-hydrogen) atoms. The monoisotopic (exact) mass is 327 g/mol. The number of piperidine rings is 1. The van der Waals surface area contributed by atoms with Gasteiger partial charge in [0.15, 0.2) is 0 Å². The van der Waals surface area contributed by atoms with Crippen LogP contribution >= 0.6 is 0 Å². The van der Waals surface area contributed by atoms with Gasteiger partial charge in [0.2, 0.25) is 0 Å². The standard InChI is InChI=1S/C18H25N5O/c1-3-16-15(13-21-22(16)2)18(24)20-12-14-8-7-9-19-17(14)23-10-5-4-6-11-23/h7-9,13H,3-6,10-12H2,1-2H3,(H,20,24). The van der Waals surface area contributed by atoms with E-state index in [-0.39, 0.29) is 5.91 Å². The van der Waals surface area contributed by atoms with Crippen LogP contribution in [0.1, 0.15) is 47.8 Å². The Morgan fingerprint density at radius 2 is 2.08 bits per heavy atom. The van der Waals surface area contributed by atoms with Gasteiger partial charge in [-0.2, -0.15) is 5.10 Å². The summed E-state index contributed by atoms with van der Waals surface area (Å²) in [5.41, 5.74) is 2.67. The minimum absolute atomic E-state index is 0.0756. The van der Waals surface area contributed by atoms with Crippen molar-refractivity contribution in [1.82, 2.24) is 20.1 Å². The molecular weight excluding hydrogens is 302 g/mol. The van der Waals surface area contributed by atoms with Gasteiger partial charge in [-0.15, -0.1) is 0 Å². The summed E-state index contributed by atoms with van der Waals surface area (Å²) < 4.78 is 1.76. The van der Waals surface area contributed by atoms with Crippen molar-refractivity contribution in [2.75, 3.05) is 18.0 Å². The van der Waals surface area contributed by atoms with Crippen LogP contribution in [0, 0.1) is 0 Å². The van der Waals surface area contributed by atoms with Crippen LogP contribution in [0.2, 0.25) is 0 Å². The van der Waals surface area contributed by atoms with Crippen LogP contribution in [-0.2, 0) is 20.0 Å². The lowest BCUT2D eigenvalue weighted by Gasteiger charge is -2.29. The minimum Gasteiger partial charge on any atom is -0.356 e. The van der Waals surface area contributed by atoms with Crippen molar-refractivity contribution in [3.05, 3.63) is 41.3 Å². The topological polar surface area (TPSA) is 63.1 Å². The Kier molecular flexibility index (Phi) is 5.13. The number of nitrogens with one attached hydrogen (secondary N) is 1. The molecule has 0 radical (unpaired) electrons. The normalized spacial score (nSPS) is 14.7. The van der Waals surface area contributed by atoms with Crippen LogP contribution in [0.4, 0.5) is 5.82 Å². The predicted molar refractivity (Wildman–Crippen MR) is 94.1 cm³/mol. The average molecular weight is 327 g/mol. The van der Waals surface area contributed by atoms with Gasteiger partial charge >= 0.3 is 0 Å². The zero-order valence-electron chi connectivity index (χ0n) is 14.5. The van der Waals surface area contributed by atoms with Crippen molar-refractivity contribution in [2.24, 2.45) is 7.05 Å². The van der Waals surface area contributed by atoms with E-state index in [2.05, 4.69) is 20.3 Å². The number of amides is 1. The van der Waals surface area contributed by atoms with Gasteiger partial charge in [-0.3, -0.25) is 9.48 Å². The summed E-state index contributed by atoms with van der Waals surface area (Å²) in [6, 6.07) is 3.97. The van der Waals surface area contributed by atoms with E-state index in [4.69, 9.17) is 0 Å². The number of aryl methyl sites for hydroxylation is 1. The summed E-state index contributed by atoms with van der Waals surface area (Å²) in [4.78, 5) is 19.4. The van der Waals surface area contributed by atoms with E-state index in [0.29, 0.717) is 12.1 Å². The van der Waals surface area contributed by atoms with Gasteiger partial charge in [-0.1, -0.05) is 13.0 Å². The number of anilines is 1. The third-order valence-corrected chi connectivity index (χ3v) is 4.60. The van der Waals surface area contributed by atoms with E-state index in [9.17, 15) is 4.79 Å². The van der Waals surface area contributed by atoms with Gasteiger partial charge in [-0.05, 0) is 31.7 Å². The van der Waals surface area contributed by atoms with Gasteiger partial charge in [-0.25, -0.2) is 4.98 Å². The summed E-state index contributed by atoms with van der Waals surface area (Å²) in [6.45, 7) is 4.60. The minimum atomic E-state index is -0.0756. The molecule has 0 spiro atoms. The van der Waals surface area contributed by atoms with Crippen LogP contribution in [0.3, 0.4) is 0 Å². The molecule has 6 heteroatoms. The van der Waals surface area contributed by atoms with Gasteiger partial charge in [0, 0.05) is 38.4 Å². The SMILES string of the molecule is CCc1c(C(=O)NCc2cccnc2N2CCCCC2)cnn1C. The van der Waals surface area contributed by atoms with Crippen molar-refractivity contribution in [3.8, 4) is 0 Å². The lowest BCUT2D eigenvalue weighted by molar-refractivity contribution is 0.0950. The second-order valence-corrected chi connectivity index (χ2v) is 6.20. The number of hydrogen-bond donors (Lipinski definition) is 1. The molecule has 1 saturated heterocycles. The smallest absolute Gasteiger partial charge is 0.255 e. The van der Waals surface area contributed by atoms with Crippen molar-refractivity contribution in [3.63, 3.8) is 0 Å². The molecule has 128 valence electrons. The summed E-state index contributed by atoms with van der Waals surface area (Å²) >= 11 is 0. The zero-order chi connectivity index (χ0) is 16.9. The first-order valence-corrected chi connectivity index (χ1v) is 8.68. The first kappa shape index (κ1) is 16.5. The third kappa shape index (κ3) is 3.42. The molecule has 0 aliphatic carbocycles. The summed E-state index contributed by atoms with van der Waals surface area (Å²) in [6.07, 6.45) is 7.95. The maximum absolute atomic E-state index is 12.5. The fourth-order valence-electron chi connectivity index (χ4n) is 3.30. The number of rotatable bonds is 5. The first-order valence-electron chi connectivity index (χ1n) is 8.68. The van der Waals surface area contributed by atoms with Crippen molar-refractivity contribution in [2.45, 2.75) is 39.2 Å². The average Bonchev–Trinajstić information content (AvgIpc) is 3.01. The summed E-state index contributed by atoms with van der Waals surface area (Å²) in [5.74, 6) is 0.924. The highest BCUT2D eigenvalue weighted by Crippen LogP contribution is 2.21. The molecule has 0 saturated carbocycles. The Labute approximate surface area is 142 Å². The van der Waals surface area contributed by atoms with Crippen LogP contribution < -0.4 is 10.2 Å². The predicted octanol–water partition coefficient (Wildman–Crippen LogP) is 2.30. The number of carbonyl (C=O) groups excluding carboxylic acids is 1. The molecule has 1 aliphatic heterocycles. The molecule has 3 heterocycles. The summed E-state index contributed by atoms with van der Waals surface area (Å²) in [5, 5.41) is 7.21. The Hall–Kier alpha value is -2.37. The molecule has 2 aromatic heterocycles. The molecule has 3 rings (SSSR count). The Morgan fingerprint density at radius 1 is 1.29 bits per heavy atom. The summed E-state index contributed by atoms with van der Waals surface area (Å²) in [7, 11) is 1.87.